The molecule has 3 N–H and O–H groups in total. The third-order valence-electron chi connectivity index (χ3n) is 3.56. The highest BCUT2D eigenvalue weighted by Gasteiger charge is 2.17. The molecule has 5 heteroatoms. The predicted octanol–water partition coefficient (Wildman–Crippen LogP) is 2.86. The Morgan fingerprint density at radius 3 is 2.05 bits per heavy atom. The molecule has 0 saturated heterocycles. The van der Waals surface area contributed by atoms with Crippen LogP contribution >= 0.6 is 0 Å². The molecule has 0 aromatic heterocycles. The van der Waals surface area contributed by atoms with Crippen LogP contribution < -0.4 is 10.6 Å². The summed E-state index contributed by atoms with van der Waals surface area (Å²) in [6.45, 7) is 9.98. The summed E-state index contributed by atoms with van der Waals surface area (Å²) in [5.74, 6) is 0.818. The second kappa shape index (κ2) is 10.5. The molecule has 0 unspecified atom stereocenters. The quantitative estimate of drug-likeness (QED) is 0.540. The van der Waals surface area contributed by atoms with Gasteiger partial charge in [0.1, 0.15) is 0 Å². The number of amides is 2. The molecule has 0 spiro atoms. The number of carbonyl (C=O) groups excluding carboxylic acids is 1. The molecule has 5 nitrogen and oxygen atoms in total. The van der Waals surface area contributed by atoms with Crippen LogP contribution in [-0.2, 0) is 4.79 Å². The lowest BCUT2D eigenvalue weighted by atomic mass is 9.85. The maximum atomic E-state index is 11.6. The van der Waals surface area contributed by atoms with E-state index in [4.69, 9.17) is 5.11 Å². The number of carboxylic acids is 1. The van der Waals surface area contributed by atoms with Crippen molar-refractivity contribution >= 4 is 12.0 Å². The van der Waals surface area contributed by atoms with Gasteiger partial charge in [0.05, 0.1) is 0 Å². The average molecular weight is 286 g/mol. The standard InChI is InChI=1S/C15H30N2O3/c1-11(2)13(12(3)4)10-17-15(20)16-9-7-5-6-8-14(18)19/h11-13H,5-10H2,1-4H3,(H,18,19)(H2,16,17,20). The van der Waals surface area contributed by atoms with E-state index in [2.05, 4.69) is 38.3 Å². The summed E-state index contributed by atoms with van der Waals surface area (Å²) >= 11 is 0. The van der Waals surface area contributed by atoms with Crippen molar-refractivity contribution < 1.29 is 14.7 Å². The zero-order valence-corrected chi connectivity index (χ0v) is 13.2. The molecule has 2 amide bonds. The van der Waals surface area contributed by atoms with E-state index in [1.54, 1.807) is 0 Å². The summed E-state index contributed by atoms with van der Waals surface area (Å²) in [4.78, 5) is 21.9. The Morgan fingerprint density at radius 2 is 1.55 bits per heavy atom. The van der Waals surface area contributed by atoms with Gasteiger partial charge in [-0.2, -0.15) is 0 Å². The van der Waals surface area contributed by atoms with Crippen LogP contribution in [0.15, 0.2) is 0 Å². The topological polar surface area (TPSA) is 78.4 Å². The summed E-state index contributed by atoms with van der Waals surface area (Å²) in [6, 6.07) is -0.130. The molecular weight excluding hydrogens is 256 g/mol. The number of carbonyl (C=O) groups is 2. The van der Waals surface area contributed by atoms with Crippen molar-refractivity contribution in [3.05, 3.63) is 0 Å². The van der Waals surface area contributed by atoms with Crippen molar-refractivity contribution in [1.82, 2.24) is 10.6 Å². The van der Waals surface area contributed by atoms with Gasteiger partial charge in [-0.15, -0.1) is 0 Å². The van der Waals surface area contributed by atoms with Gasteiger partial charge in [-0.1, -0.05) is 34.1 Å². The lowest BCUT2D eigenvalue weighted by Crippen LogP contribution is -2.40. The Morgan fingerprint density at radius 1 is 0.950 bits per heavy atom. The first-order valence-electron chi connectivity index (χ1n) is 7.58. The summed E-state index contributed by atoms with van der Waals surface area (Å²) in [5.41, 5.74) is 0. The average Bonchev–Trinajstić information content (AvgIpc) is 2.32. The number of rotatable bonds is 10. The number of carboxylic acid groups (broad SMARTS) is 1. The maximum absolute atomic E-state index is 11.6. The minimum Gasteiger partial charge on any atom is -0.481 e. The highest BCUT2D eigenvalue weighted by atomic mass is 16.4. The Kier molecular flexibility index (Phi) is 9.86. The van der Waals surface area contributed by atoms with E-state index in [9.17, 15) is 9.59 Å². The molecule has 0 aromatic carbocycles. The zero-order valence-electron chi connectivity index (χ0n) is 13.2. The SMILES string of the molecule is CC(C)C(CNC(=O)NCCCCCC(=O)O)C(C)C. The second-order valence-electron chi connectivity index (χ2n) is 5.99. The molecule has 0 fully saturated rings. The van der Waals surface area contributed by atoms with Gasteiger partial charge in [0, 0.05) is 19.5 Å². The molecule has 20 heavy (non-hydrogen) atoms. The van der Waals surface area contributed by atoms with E-state index in [0.717, 1.165) is 12.8 Å². The maximum Gasteiger partial charge on any atom is 0.314 e. The Labute approximate surface area is 122 Å². The van der Waals surface area contributed by atoms with E-state index in [1.165, 1.54) is 0 Å². The molecular formula is C15H30N2O3. The first-order chi connectivity index (χ1) is 9.34. The molecule has 0 aliphatic rings. The highest BCUT2D eigenvalue weighted by Crippen LogP contribution is 2.19. The van der Waals surface area contributed by atoms with Gasteiger partial charge in [0.25, 0.3) is 0 Å². The summed E-state index contributed by atoms with van der Waals surface area (Å²) < 4.78 is 0. The summed E-state index contributed by atoms with van der Waals surface area (Å²) in [5, 5.41) is 14.2. The van der Waals surface area contributed by atoms with E-state index in [-0.39, 0.29) is 12.5 Å². The van der Waals surface area contributed by atoms with Crippen LogP contribution in [0, 0.1) is 17.8 Å². The highest BCUT2D eigenvalue weighted by molar-refractivity contribution is 5.73. The molecule has 0 rings (SSSR count). The Bertz CT molecular complexity index is 283. The fraction of sp³-hybridized carbons (Fsp3) is 0.867. The predicted molar refractivity (Wildman–Crippen MR) is 80.7 cm³/mol. The van der Waals surface area contributed by atoms with Gasteiger partial charge in [0.2, 0.25) is 0 Å². The van der Waals surface area contributed by atoms with Crippen LogP contribution in [0.5, 0.6) is 0 Å². The van der Waals surface area contributed by atoms with E-state index < -0.39 is 5.97 Å². The fourth-order valence-corrected chi connectivity index (χ4v) is 2.29. The smallest absolute Gasteiger partial charge is 0.314 e. The van der Waals surface area contributed by atoms with Gasteiger partial charge in [0.15, 0.2) is 0 Å². The van der Waals surface area contributed by atoms with Gasteiger partial charge < -0.3 is 15.7 Å². The Hall–Kier alpha value is -1.26. The zero-order chi connectivity index (χ0) is 15.5. The third-order valence-corrected chi connectivity index (χ3v) is 3.56. The van der Waals surface area contributed by atoms with E-state index >= 15 is 0 Å². The van der Waals surface area contributed by atoms with Crippen molar-refractivity contribution in [1.29, 1.82) is 0 Å². The number of hydrogen-bond acceptors (Lipinski definition) is 2. The van der Waals surface area contributed by atoms with Crippen LogP contribution in [-0.4, -0.2) is 30.2 Å². The Balaban J connectivity index is 3.65. The van der Waals surface area contributed by atoms with Crippen LogP contribution in [0.3, 0.4) is 0 Å². The monoisotopic (exact) mass is 286 g/mol. The van der Waals surface area contributed by atoms with Crippen LogP contribution in [0.4, 0.5) is 4.79 Å². The fourth-order valence-electron chi connectivity index (χ4n) is 2.29. The summed E-state index contributed by atoms with van der Waals surface area (Å²) in [6.07, 6.45) is 2.52. The number of nitrogens with one attached hydrogen (secondary N) is 2. The number of unbranched alkanes of at least 4 members (excludes halogenated alkanes) is 2. The molecule has 0 aliphatic heterocycles. The van der Waals surface area contributed by atoms with Crippen molar-refractivity contribution in [2.24, 2.45) is 17.8 Å². The molecule has 118 valence electrons. The van der Waals surface area contributed by atoms with Crippen molar-refractivity contribution in [3.63, 3.8) is 0 Å². The number of hydrogen-bond donors (Lipinski definition) is 3. The minimum atomic E-state index is -0.760. The molecule has 0 atom stereocenters. The van der Waals surface area contributed by atoms with Crippen LogP contribution in [0.1, 0.15) is 53.4 Å². The lowest BCUT2D eigenvalue weighted by molar-refractivity contribution is -0.137. The molecule has 0 aliphatic carbocycles. The van der Waals surface area contributed by atoms with Gasteiger partial charge in [-0.3, -0.25) is 4.79 Å². The van der Waals surface area contributed by atoms with Gasteiger partial charge in [-0.05, 0) is 30.6 Å². The van der Waals surface area contributed by atoms with Crippen molar-refractivity contribution in [2.75, 3.05) is 13.1 Å². The summed E-state index contributed by atoms with van der Waals surface area (Å²) in [7, 11) is 0. The first kappa shape index (κ1) is 18.7. The van der Waals surface area contributed by atoms with Crippen LogP contribution in [0.25, 0.3) is 0 Å². The van der Waals surface area contributed by atoms with Gasteiger partial charge in [-0.25, -0.2) is 4.79 Å². The molecule has 0 bridgehead atoms. The van der Waals surface area contributed by atoms with Crippen molar-refractivity contribution in [3.8, 4) is 0 Å². The molecule has 0 aromatic rings. The number of urea groups is 1. The number of aliphatic carboxylic acids is 1. The molecule has 0 radical (unpaired) electrons. The lowest BCUT2D eigenvalue weighted by Gasteiger charge is -2.25. The minimum absolute atomic E-state index is 0.130. The molecule has 0 heterocycles. The van der Waals surface area contributed by atoms with Crippen molar-refractivity contribution in [2.45, 2.75) is 53.4 Å². The van der Waals surface area contributed by atoms with Crippen LogP contribution in [0.2, 0.25) is 0 Å². The van der Waals surface area contributed by atoms with Gasteiger partial charge >= 0.3 is 12.0 Å². The van der Waals surface area contributed by atoms with E-state index in [0.29, 0.717) is 37.3 Å². The molecule has 0 saturated carbocycles. The normalized spacial score (nSPS) is 11.2. The largest absolute Gasteiger partial charge is 0.481 e. The second-order valence-corrected chi connectivity index (χ2v) is 5.99. The first-order valence-corrected chi connectivity index (χ1v) is 7.58. The van der Waals surface area contributed by atoms with E-state index in [1.807, 2.05) is 0 Å². The third kappa shape index (κ3) is 9.64.